The van der Waals surface area contributed by atoms with Gasteiger partial charge in [-0.05, 0) is 177 Å². The quantitative estimate of drug-likeness (QED) is 0.0833. The molecule has 0 fully saturated rings. The monoisotopic (exact) mass is 1290 g/mol. The highest BCUT2D eigenvalue weighted by Crippen LogP contribution is 2.42. The maximum Gasteiger partial charge on any atom is 0.184 e. The van der Waals surface area contributed by atoms with Crippen molar-refractivity contribution in [2.45, 2.75) is 0 Å². The molecule has 0 atom stereocenters. The Kier molecular flexibility index (Phi) is 14.2. The fraction of sp³-hybridized carbons (Fsp3) is 0. The predicted octanol–water partition coefficient (Wildman–Crippen LogP) is 22.8. The minimum Gasteiger partial charge on any atom is -0.456 e. The van der Waals surface area contributed by atoms with E-state index in [0.717, 1.165) is 61.0 Å². The van der Waals surface area contributed by atoms with Gasteiger partial charge in [-0.3, -0.25) is 0 Å². The highest BCUT2D eigenvalue weighted by Gasteiger charge is 2.44. The van der Waals surface area contributed by atoms with Crippen LogP contribution in [0.4, 0.5) is 0 Å². The van der Waals surface area contributed by atoms with Crippen LogP contribution in [0.5, 0.6) is 0 Å². The number of fused-ring (bicyclic) bond motifs is 9. The van der Waals surface area contributed by atoms with Gasteiger partial charge in [-0.15, -0.1) is 0 Å². The lowest BCUT2D eigenvalue weighted by Crippen LogP contribution is -2.74. The van der Waals surface area contributed by atoms with Crippen molar-refractivity contribution in [1.29, 1.82) is 0 Å². The molecule has 0 aliphatic rings. The summed E-state index contributed by atoms with van der Waals surface area (Å²) >= 11 is 0. The summed E-state index contributed by atoms with van der Waals surface area (Å²) in [6.45, 7) is 0. The zero-order chi connectivity index (χ0) is 66.1. The van der Waals surface area contributed by atoms with Crippen LogP contribution in [-0.2, 0) is 0 Å². The van der Waals surface area contributed by atoms with E-state index in [0.29, 0.717) is 0 Å². The Morgan fingerprint density at radius 1 is 0.190 bits per heavy atom. The number of hydrogen-bond donors (Lipinski definition) is 0. The van der Waals surface area contributed by atoms with E-state index in [1.807, 2.05) is 0 Å². The fourth-order valence-corrected chi connectivity index (χ4v) is 20.7. The van der Waals surface area contributed by atoms with E-state index < -0.39 is 8.07 Å². The van der Waals surface area contributed by atoms with Crippen molar-refractivity contribution in [3.8, 4) is 89.3 Å². The second-order valence-electron chi connectivity index (χ2n) is 26.3. The van der Waals surface area contributed by atoms with Gasteiger partial charge in [0.1, 0.15) is 11.2 Å². The molecule has 468 valence electrons. The third-order valence-electron chi connectivity index (χ3n) is 20.7. The maximum atomic E-state index is 7.29. The summed E-state index contributed by atoms with van der Waals surface area (Å²) < 4.78 is 12.1. The normalized spacial score (nSPS) is 11.8. The fourth-order valence-electron chi connectivity index (χ4n) is 15.8. The van der Waals surface area contributed by atoms with Gasteiger partial charge in [0.25, 0.3) is 0 Å². The van der Waals surface area contributed by atoms with E-state index in [-0.39, 0.29) is 0 Å². The van der Waals surface area contributed by atoms with Crippen LogP contribution in [0.1, 0.15) is 0 Å². The zero-order valence-electron chi connectivity index (χ0n) is 54.8. The highest BCUT2D eigenvalue weighted by molar-refractivity contribution is 7.20. The second kappa shape index (κ2) is 24.3. The topological polar surface area (TPSA) is 23.0 Å². The summed E-state index contributed by atoms with van der Waals surface area (Å²) in [7, 11) is -3.27. The van der Waals surface area contributed by atoms with Crippen LogP contribution in [0.2, 0.25) is 0 Å². The Labute approximate surface area is 581 Å². The molecule has 0 aliphatic carbocycles. The molecule has 0 saturated heterocycles. The first kappa shape index (κ1) is 58.5. The Balaban J connectivity index is 0.704. The molecular formula is C96H64N2OSi. The van der Waals surface area contributed by atoms with Gasteiger partial charge in [-0.2, -0.15) is 0 Å². The van der Waals surface area contributed by atoms with Gasteiger partial charge in [0.15, 0.2) is 8.07 Å². The van der Waals surface area contributed by atoms with Crippen molar-refractivity contribution in [3.63, 3.8) is 0 Å². The average molecular weight is 1290 g/mol. The lowest BCUT2D eigenvalue weighted by molar-refractivity contribution is 0.671. The number of aromatic nitrogens is 2. The van der Waals surface area contributed by atoms with Crippen LogP contribution in [0.25, 0.3) is 155 Å². The number of para-hydroxylation sites is 4. The van der Waals surface area contributed by atoms with Gasteiger partial charge < -0.3 is 13.6 Å². The van der Waals surface area contributed by atoms with Gasteiger partial charge in [0.2, 0.25) is 0 Å². The van der Waals surface area contributed by atoms with Crippen molar-refractivity contribution in [2.24, 2.45) is 0 Å². The Bertz CT molecular complexity index is 6200. The summed E-state index contributed by atoms with van der Waals surface area (Å²) in [6, 6.07) is 143. The maximum absolute atomic E-state index is 7.29. The van der Waals surface area contributed by atoms with Crippen LogP contribution in [0.3, 0.4) is 0 Å². The number of nitrogens with zero attached hydrogens (tertiary/aromatic N) is 2. The lowest BCUT2D eigenvalue weighted by atomic mass is 9.96. The molecule has 0 spiro atoms. The van der Waals surface area contributed by atoms with Crippen LogP contribution in [-0.4, -0.2) is 17.2 Å². The third kappa shape index (κ3) is 9.95. The first-order valence-corrected chi connectivity index (χ1v) is 36.4. The van der Waals surface area contributed by atoms with E-state index in [2.05, 4.69) is 397 Å². The Morgan fingerprint density at radius 3 is 0.910 bits per heavy atom. The molecule has 100 heavy (non-hydrogen) atoms. The largest absolute Gasteiger partial charge is 0.456 e. The molecule has 0 N–H and O–H groups in total. The molecule has 0 unspecified atom stereocenters. The molecule has 0 saturated carbocycles. The molecule has 0 aliphatic heterocycles. The number of rotatable bonds is 13. The lowest BCUT2D eigenvalue weighted by Gasteiger charge is -2.34. The van der Waals surface area contributed by atoms with Crippen molar-refractivity contribution in [2.75, 3.05) is 0 Å². The third-order valence-corrected chi connectivity index (χ3v) is 25.5. The number of furan rings is 1. The number of hydrogen-bond acceptors (Lipinski definition) is 1. The van der Waals surface area contributed by atoms with E-state index in [1.54, 1.807) is 0 Å². The average Bonchev–Trinajstić information content (AvgIpc) is 1.27. The smallest absolute Gasteiger partial charge is 0.184 e. The van der Waals surface area contributed by atoms with Crippen molar-refractivity contribution < 1.29 is 4.42 Å². The molecule has 3 heterocycles. The van der Waals surface area contributed by atoms with Gasteiger partial charge in [-0.1, -0.05) is 309 Å². The van der Waals surface area contributed by atoms with Crippen molar-refractivity contribution in [3.05, 3.63) is 388 Å². The minimum atomic E-state index is -3.27. The van der Waals surface area contributed by atoms with Crippen molar-refractivity contribution >= 4 is 94.4 Å². The van der Waals surface area contributed by atoms with E-state index in [4.69, 9.17) is 4.42 Å². The molecule has 3 aromatic heterocycles. The second-order valence-corrected chi connectivity index (χ2v) is 30.1. The Morgan fingerprint density at radius 2 is 0.480 bits per heavy atom. The van der Waals surface area contributed by atoms with Crippen LogP contribution in [0.15, 0.2) is 393 Å². The SMILES string of the molecule is c1ccc(-c2ccc(-c3ccc(-c4ccc(-c5ccc(-c6ccc([Si](c7ccccc7)(c7ccccc7)c7cc(-c8ccc9c(c8)c8cc(-c%10ccc%11c(c%10)c%10ccccc%10n%11-c%10ccccc%10)ccc8n9-c8ccccc8)cc8c7oc7ccccc78)cc6)cc5)cc4)cc3)cc2)cc1. The first-order valence-electron chi connectivity index (χ1n) is 34.4. The standard InChI is InChI=1S/C96H64N2OSi/c1-6-20-65(21-7-1)66-34-36-67(37-35-66)68-38-40-69(41-39-68)70-42-44-71(45-43-70)72-46-48-73(49-47-72)74-50-55-83(56-51-74)100(81-26-12-4-13-27-81,82-28-14-5-15-29-82)95-64-78(63-89-85-31-17-19-33-94(85)99-96(89)95)77-54-59-93-88(62-77)87-61-76(53-58-92(87)98(93)80-24-10-3-11-25-80)75-52-57-91-86(60-75)84-30-16-18-32-90(84)97(91)79-22-8-2-9-23-79/h1-64H. The first-order chi connectivity index (χ1) is 49.6. The molecule has 19 rings (SSSR count). The van der Waals surface area contributed by atoms with E-state index >= 15 is 0 Å². The van der Waals surface area contributed by atoms with E-state index in [1.165, 1.54) is 115 Å². The molecule has 4 heteroatoms. The molecular weight excluding hydrogens is 1230 g/mol. The van der Waals surface area contributed by atoms with Crippen LogP contribution in [0, 0.1) is 0 Å². The molecule has 0 amide bonds. The van der Waals surface area contributed by atoms with Crippen LogP contribution < -0.4 is 20.7 Å². The van der Waals surface area contributed by atoms with Gasteiger partial charge in [-0.25, -0.2) is 0 Å². The van der Waals surface area contributed by atoms with Gasteiger partial charge >= 0.3 is 0 Å². The zero-order valence-corrected chi connectivity index (χ0v) is 55.8. The summed E-state index contributed by atoms with van der Waals surface area (Å²) in [5, 5.41) is 12.1. The Hall–Kier alpha value is -12.9. The minimum absolute atomic E-state index is 0.874. The molecule has 3 nitrogen and oxygen atoms in total. The summed E-state index contributed by atoms with van der Waals surface area (Å²) in [5.74, 6) is 0. The predicted molar refractivity (Wildman–Crippen MR) is 424 cm³/mol. The van der Waals surface area contributed by atoms with Gasteiger partial charge in [0.05, 0.1) is 22.1 Å². The van der Waals surface area contributed by atoms with Crippen LogP contribution >= 0.6 is 0 Å². The van der Waals surface area contributed by atoms with Crippen molar-refractivity contribution in [1.82, 2.24) is 9.13 Å². The molecule has 19 aromatic rings. The number of benzene rings is 16. The summed E-state index contributed by atoms with van der Waals surface area (Å²) in [4.78, 5) is 0. The summed E-state index contributed by atoms with van der Waals surface area (Å²) in [5.41, 5.74) is 25.3. The molecule has 0 radical (unpaired) electrons. The molecule has 0 bridgehead atoms. The highest BCUT2D eigenvalue weighted by atomic mass is 28.3. The molecule has 16 aromatic carbocycles. The van der Waals surface area contributed by atoms with Gasteiger partial charge in [0, 0.05) is 43.7 Å². The summed E-state index contributed by atoms with van der Waals surface area (Å²) in [6.07, 6.45) is 0. The van der Waals surface area contributed by atoms with E-state index in [9.17, 15) is 0 Å².